The van der Waals surface area contributed by atoms with Crippen LogP contribution in [0.5, 0.6) is 0 Å². The highest BCUT2D eigenvalue weighted by Crippen LogP contribution is 2.34. The van der Waals surface area contributed by atoms with Crippen LogP contribution < -0.4 is 4.31 Å². The SMILES string of the molecule is O=S(c1ccc(C(F)(F)F)cc1)N1CCCc2cc(-c3cccc(CCO)n3)ccc21. The van der Waals surface area contributed by atoms with Crippen molar-refractivity contribution in [2.75, 3.05) is 17.5 Å². The molecule has 0 saturated heterocycles. The average molecular weight is 446 g/mol. The molecule has 1 unspecified atom stereocenters. The van der Waals surface area contributed by atoms with E-state index in [4.69, 9.17) is 5.11 Å². The van der Waals surface area contributed by atoms with Crippen molar-refractivity contribution in [1.29, 1.82) is 0 Å². The number of aryl methyl sites for hydroxylation is 1. The molecule has 1 aromatic heterocycles. The molecule has 4 rings (SSSR count). The second-order valence-electron chi connectivity index (χ2n) is 7.31. The topological polar surface area (TPSA) is 53.4 Å². The molecule has 0 saturated carbocycles. The van der Waals surface area contributed by atoms with Crippen LogP contribution in [0.25, 0.3) is 11.3 Å². The van der Waals surface area contributed by atoms with Gasteiger partial charge in [0, 0.05) is 30.8 Å². The van der Waals surface area contributed by atoms with E-state index in [0.717, 1.165) is 53.2 Å². The van der Waals surface area contributed by atoms with E-state index in [1.165, 1.54) is 12.1 Å². The Bertz CT molecular complexity index is 1100. The third-order valence-corrected chi connectivity index (χ3v) is 6.66. The number of benzene rings is 2. The van der Waals surface area contributed by atoms with E-state index in [9.17, 15) is 17.4 Å². The summed E-state index contributed by atoms with van der Waals surface area (Å²) in [5.74, 6) is 0. The Morgan fingerprint density at radius 2 is 1.84 bits per heavy atom. The first kappa shape index (κ1) is 21.5. The van der Waals surface area contributed by atoms with Gasteiger partial charge in [-0.3, -0.25) is 9.29 Å². The van der Waals surface area contributed by atoms with Crippen molar-refractivity contribution in [2.24, 2.45) is 0 Å². The van der Waals surface area contributed by atoms with Crippen LogP contribution in [-0.4, -0.2) is 27.5 Å². The number of hydrogen-bond acceptors (Lipinski definition) is 3. The van der Waals surface area contributed by atoms with Crippen LogP contribution in [0.3, 0.4) is 0 Å². The number of hydrogen-bond donors (Lipinski definition) is 1. The minimum atomic E-state index is -4.42. The third-order valence-electron chi connectivity index (χ3n) is 5.21. The molecule has 0 spiro atoms. The molecule has 0 amide bonds. The van der Waals surface area contributed by atoms with Gasteiger partial charge in [-0.05, 0) is 66.9 Å². The minimum Gasteiger partial charge on any atom is -0.396 e. The fraction of sp³-hybridized carbons (Fsp3) is 0.261. The summed E-state index contributed by atoms with van der Waals surface area (Å²) in [6, 6.07) is 16.0. The van der Waals surface area contributed by atoms with E-state index in [1.54, 1.807) is 4.31 Å². The molecule has 1 aliphatic heterocycles. The number of nitrogens with zero attached hydrogens (tertiary/aromatic N) is 2. The van der Waals surface area contributed by atoms with Gasteiger partial charge in [0.15, 0.2) is 11.0 Å². The molecule has 162 valence electrons. The van der Waals surface area contributed by atoms with Crippen LogP contribution in [0, 0.1) is 0 Å². The molecule has 2 heterocycles. The lowest BCUT2D eigenvalue weighted by Gasteiger charge is -2.30. The van der Waals surface area contributed by atoms with Crippen LogP contribution in [0.2, 0.25) is 0 Å². The number of anilines is 1. The average Bonchev–Trinajstić information content (AvgIpc) is 2.78. The molecule has 3 aromatic rings. The van der Waals surface area contributed by atoms with Gasteiger partial charge in [-0.15, -0.1) is 0 Å². The van der Waals surface area contributed by atoms with E-state index in [2.05, 4.69) is 4.98 Å². The molecule has 0 fully saturated rings. The third kappa shape index (κ3) is 4.65. The molecule has 0 aliphatic carbocycles. The highest BCUT2D eigenvalue weighted by Gasteiger charge is 2.31. The van der Waals surface area contributed by atoms with Gasteiger partial charge in [-0.2, -0.15) is 13.2 Å². The van der Waals surface area contributed by atoms with Gasteiger partial charge in [0.2, 0.25) is 0 Å². The Kier molecular flexibility index (Phi) is 6.11. The maximum atomic E-state index is 13.1. The first-order chi connectivity index (χ1) is 14.9. The second kappa shape index (κ2) is 8.80. The number of aliphatic hydroxyl groups excluding tert-OH is 1. The van der Waals surface area contributed by atoms with Crippen molar-refractivity contribution < 1.29 is 22.5 Å². The zero-order valence-electron chi connectivity index (χ0n) is 16.6. The van der Waals surface area contributed by atoms with E-state index in [1.807, 2.05) is 36.4 Å². The fourth-order valence-electron chi connectivity index (χ4n) is 3.68. The summed E-state index contributed by atoms with van der Waals surface area (Å²) in [5.41, 5.74) is 3.63. The number of pyridine rings is 1. The quantitative estimate of drug-likeness (QED) is 0.614. The van der Waals surface area contributed by atoms with Gasteiger partial charge in [0.1, 0.15) is 0 Å². The predicted octanol–water partition coefficient (Wildman–Crippen LogP) is 4.78. The van der Waals surface area contributed by atoms with Gasteiger partial charge < -0.3 is 5.11 Å². The smallest absolute Gasteiger partial charge is 0.396 e. The van der Waals surface area contributed by atoms with E-state index < -0.39 is 22.7 Å². The number of aliphatic hydroxyl groups is 1. The first-order valence-corrected chi connectivity index (χ1v) is 11.0. The van der Waals surface area contributed by atoms with Crippen LogP contribution in [0.1, 0.15) is 23.2 Å². The van der Waals surface area contributed by atoms with Crippen LogP contribution in [0.4, 0.5) is 18.9 Å². The minimum absolute atomic E-state index is 0.0331. The molecule has 0 radical (unpaired) electrons. The summed E-state index contributed by atoms with van der Waals surface area (Å²) >= 11 is 0. The summed E-state index contributed by atoms with van der Waals surface area (Å²) in [7, 11) is -1.60. The highest BCUT2D eigenvalue weighted by molar-refractivity contribution is 7.86. The molecule has 4 nitrogen and oxygen atoms in total. The van der Waals surface area contributed by atoms with Crippen LogP contribution >= 0.6 is 0 Å². The molecule has 31 heavy (non-hydrogen) atoms. The van der Waals surface area contributed by atoms with Gasteiger partial charge >= 0.3 is 6.18 Å². The van der Waals surface area contributed by atoms with E-state index in [-0.39, 0.29) is 6.61 Å². The Labute approximate surface area is 181 Å². The lowest BCUT2D eigenvalue weighted by atomic mass is 9.99. The molecule has 0 bridgehead atoms. The number of rotatable bonds is 5. The van der Waals surface area contributed by atoms with E-state index >= 15 is 0 Å². The Morgan fingerprint density at radius 3 is 2.55 bits per heavy atom. The summed E-state index contributed by atoms with van der Waals surface area (Å²) in [5, 5.41) is 9.14. The van der Waals surface area contributed by atoms with Crippen molar-refractivity contribution >= 4 is 16.7 Å². The zero-order valence-corrected chi connectivity index (χ0v) is 17.4. The molecular formula is C23H21F3N2O2S. The lowest BCUT2D eigenvalue weighted by molar-refractivity contribution is -0.137. The van der Waals surface area contributed by atoms with Crippen molar-refractivity contribution in [1.82, 2.24) is 4.98 Å². The second-order valence-corrected chi connectivity index (χ2v) is 8.72. The van der Waals surface area contributed by atoms with Gasteiger partial charge in [0.25, 0.3) is 0 Å². The molecular weight excluding hydrogens is 425 g/mol. The highest BCUT2D eigenvalue weighted by atomic mass is 32.2. The van der Waals surface area contributed by atoms with Gasteiger partial charge in [0.05, 0.1) is 21.8 Å². The molecule has 1 atom stereocenters. The van der Waals surface area contributed by atoms with Crippen molar-refractivity contribution in [3.63, 3.8) is 0 Å². The lowest BCUT2D eigenvalue weighted by Crippen LogP contribution is -2.31. The van der Waals surface area contributed by atoms with Gasteiger partial charge in [-0.1, -0.05) is 12.1 Å². The molecule has 1 aliphatic rings. The van der Waals surface area contributed by atoms with Gasteiger partial charge in [-0.25, -0.2) is 4.21 Å². The van der Waals surface area contributed by atoms with Crippen LogP contribution in [0.15, 0.2) is 65.6 Å². The summed E-state index contributed by atoms with van der Waals surface area (Å²) in [6.45, 7) is 0.593. The Balaban J connectivity index is 1.61. The van der Waals surface area contributed by atoms with Crippen molar-refractivity contribution in [3.05, 3.63) is 77.5 Å². The van der Waals surface area contributed by atoms with Crippen LogP contribution in [-0.2, 0) is 30.0 Å². The maximum absolute atomic E-state index is 13.1. The summed E-state index contributed by atoms with van der Waals surface area (Å²) in [6.07, 6.45) is -2.32. The maximum Gasteiger partial charge on any atom is 0.416 e. The summed E-state index contributed by atoms with van der Waals surface area (Å²) in [4.78, 5) is 4.92. The molecule has 1 N–H and O–H groups in total. The number of halogens is 3. The summed E-state index contributed by atoms with van der Waals surface area (Å²) < 4.78 is 53.3. The zero-order chi connectivity index (χ0) is 22.0. The van der Waals surface area contributed by atoms with Crippen molar-refractivity contribution in [2.45, 2.75) is 30.3 Å². The number of alkyl halides is 3. The molecule has 8 heteroatoms. The molecule has 2 aromatic carbocycles. The number of aromatic nitrogens is 1. The first-order valence-electron chi connectivity index (χ1n) is 9.93. The predicted molar refractivity (Wildman–Crippen MR) is 114 cm³/mol. The largest absolute Gasteiger partial charge is 0.416 e. The normalized spacial score (nSPS) is 14.9. The van der Waals surface area contributed by atoms with E-state index in [0.29, 0.717) is 17.9 Å². The fourth-order valence-corrected chi connectivity index (χ4v) is 4.95. The number of fused-ring (bicyclic) bond motifs is 1. The Morgan fingerprint density at radius 1 is 1.06 bits per heavy atom. The Hall–Kier alpha value is -2.71. The monoisotopic (exact) mass is 446 g/mol. The van der Waals surface area contributed by atoms with Crippen molar-refractivity contribution in [3.8, 4) is 11.3 Å². The standard InChI is InChI=1S/C23H21F3N2O2S/c24-23(25,26)18-7-9-20(10-8-18)31(30)28-13-2-3-17-15-16(6-11-22(17)28)21-5-1-4-19(27-21)12-14-29/h1,4-11,15,29H,2-3,12-14H2.